The lowest BCUT2D eigenvalue weighted by Crippen LogP contribution is -2.55. The number of Topliss-reactive ketones (excluding diaryl/α,β-unsaturated/α-hetero) is 1. The Morgan fingerprint density at radius 2 is 1.88 bits per heavy atom. The van der Waals surface area contributed by atoms with E-state index in [0.29, 0.717) is 6.61 Å². The fourth-order valence-electron chi connectivity index (χ4n) is 2.67. The normalized spacial score (nSPS) is 19.7. The van der Waals surface area contributed by atoms with E-state index < -0.39 is 29.7 Å². The summed E-state index contributed by atoms with van der Waals surface area (Å²) in [5.41, 5.74) is 0.254. The number of amides is 2. The van der Waals surface area contributed by atoms with Gasteiger partial charge in [-0.3, -0.25) is 9.59 Å². The van der Waals surface area contributed by atoms with Gasteiger partial charge >= 0.3 is 6.09 Å². The van der Waals surface area contributed by atoms with Crippen molar-refractivity contribution in [3.05, 3.63) is 35.9 Å². The lowest BCUT2D eigenvalue weighted by molar-refractivity contribution is -0.146. The molecule has 0 aliphatic carbocycles. The van der Waals surface area contributed by atoms with Crippen LogP contribution in [0.4, 0.5) is 4.79 Å². The largest absolute Gasteiger partial charge is 0.443 e. The van der Waals surface area contributed by atoms with E-state index in [-0.39, 0.29) is 18.6 Å². The molecule has 0 spiro atoms. The highest BCUT2D eigenvalue weighted by Crippen LogP contribution is 2.24. The summed E-state index contributed by atoms with van der Waals surface area (Å²) in [6.07, 6.45) is -1.41. The number of rotatable bonds is 4. The molecule has 1 aromatic carbocycles. The van der Waals surface area contributed by atoms with Crippen LogP contribution < -0.4 is 0 Å². The highest BCUT2D eigenvalue weighted by molar-refractivity contribution is 6.06. The van der Waals surface area contributed by atoms with Gasteiger partial charge in [0, 0.05) is 6.42 Å². The molecule has 0 unspecified atom stereocenters. The van der Waals surface area contributed by atoms with Gasteiger partial charge in [0.25, 0.3) is 0 Å². The van der Waals surface area contributed by atoms with Crippen molar-refractivity contribution in [2.24, 2.45) is 0 Å². The van der Waals surface area contributed by atoms with Gasteiger partial charge in [0.05, 0.1) is 25.2 Å². The van der Waals surface area contributed by atoms with Crippen LogP contribution in [-0.2, 0) is 25.7 Å². The van der Waals surface area contributed by atoms with Gasteiger partial charge in [0.15, 0.2) is 0 Å². The molecule has 6 heteroatoms. The number of benzene rings is 1. The first-order valence-corrected chi connectivity index (χ1v) is 8.39. The van der Waals surface area contributed by atoms with E-state index in [1.165, 1.54) is 0 Å². The summed E-state index contributed by atoms with van der Waals surface area (Å²) in [7, 11) is 0. The monoisotopic (exact) mass is 347 g/mol. The van der Waals surface area contributed by atoms with Crippen LogP contribution in [-0.4, -0.2) is 40.4 Å². The third-order valence-electron chi connectivity index (χ3n) is 3.87. The number of ketones is 1. The Morgan fingerprint density at radius 3 is 2.48 bits per heavy atom. The zero-order valence-electron chi connectivity index (χ0n) is 15.2. The first-order chi connectivity index (χ1) is 11.7. The van der Waals surface area contributed by atoms with Crippen LogP contribution in [0, 0.1) is 0 Å². The SMILES string of the molecule is C[C@@H](OCc1ccccc1)[C@H]1CC(=O)CC(=O)N1C(=O)OC(C)(C)C. The Morgan fingerprint density at radius 1 is 1.24 bits per heavy atom. The molecule has 136 valence electrons. The van der Waals surface area contributed by atoms with Crippen LogP contribution in [0.3, 0.4) is 0 Å². The van der Waals surface area contributed by atoms with Crippen LogP contribution in [0.25, 0.3) is 0 Å². The zero-order valence-corrected chi connectivity index (χ0v) is 15.2. The van der Waals surface area contributed by atoms with E-state index in [9.17, 15) is 14.4 Å². The van der Waals surface area contributed by atoms with E-state index in [1.54, 1.807) is 27.7 Å². The maximum atomic E-state index is 12.4. The average molecular weight is 347 g/mol. The lowest BCUT2D eigenvalue weighted by Gasteiger charge is -2.37. The van der Waals surface area contributed by atoms with Gasteiger partial charge in [-0.1, -0.05) is 30.3 Å². The summed E-state index contributed by atoms with van der Waals surface area (Å²) in [6, 6.07) is 8.92. The molecule has 2 atom stereocenters. The van der Waals surface area contributed by atoms with Gasteiger partial charge in [-0.05, 0) is 33.3 Å². The number of ether oxygens (including phenoxy) is 2. The Labute approximate surface area is 148 Å². The van der Waals surface area contributed by atoms with Crippen molar-refractivity contribution in [2.75, 3.05) is 0 Å². The third-order valence-corrected chi connectivity index (χ3v) is 3.87. The zero-order chi connectivity index (χ0) is 18.6. The summed E-state index contributed by atoms with van der Waals surface area (Å²) in [5, 5.41) is 0. The molecule has 1 aliphatic heterocycles. The second kappa shape index (κ2) is 7.78. The van der Waals surface area contributed by atoms with Crippen molar-refractivity contribution in [3.8, 4) is 0 Å². The van der Waals surface area contributed by atoms with Gasteiger partial charge in [-0.25, -0.2) is 9.69 Å². The molecule has 0 saturated carbocycles. The number of piperidine rings is 1. The molecule has 1 fully saturated rings. The quantitative estimate of drug-likeness (QED) is 0.783. The van der Waals surface area contributed by atoms with Crippen molar-refractivity contribution < 1.29 is 23.9 Å². The molecule has 0 radical (unpaired) electrons. The topological polar surface area (TPSA) is 72.9 Å². The fourth-order valence-corrected chi connectivity index (χ4v) is 2.67. The van der Waals surface area contributed by atoms with Gasteiger partial charge in [0.1, 0.15) is 11.4 Å². The standard InChI is InChI=1S/C19H25NO5/c1-13(24-12-14-8-6-5-7-9-14)16-10-15(21)11-17(22)20(16)18(23)25-19(2,3)4/h5-9,13,16H,10-12H2,1-4H3/t13-,16-/m1/s1. The molecule has 0 bridgehead atoms. The predicted molar refractivity (Wildman–Crippen MR) is 91.8 cm³/mol. The summed E-state index contributed by atoms with van der Waals surface area (Å²) in [4.78, 5) is 37.6. The molecular weight excluding hydrogens is 322 g/mol. The van der Waals surface area contributed by atoms with Crippen LogP contribution in [0.15, 0.2) is 30.3 Å². The minimum absolute atomic E-state index is 0.0843. The minimum atomic E-state index is -0.731. The van der Waals surface area contributed by atoms with E-state index in [4.69, 9.17) is 9.47 Å². The fraction of sp³-hybridized carbons (Fsp3) is 0.526. The summed E-state index contributed by atoms with van der Waals surface area (Å²) >= 11 is 0. The van der Waals surface area contributed by atoms with Crippen molar-refractivity contribution in [1.82, 2.24) is 4.90 Å². The molecule has 25 heavy (non-hydrogen) atoms. The number of carbonyl (C=O) groups excluding carboxylic acids is 3. The van der Waals surface area contributed by atoms with Crippen LogP contribution in [0.5, 0.6) is 0 Å². The molecule has 1 saturated heterocycles. The molecule has 6 nitrogen and oxygen atoms in total. The number of nitrogens with zero attached hydrogens (tertiary/aromatic N) is 1. The second-order valence-electron chi connectivity index (χ2n) is 7.23. The number of carbonyl (C=O) groups is 3. The number of hydrogen-bond acceptors (Lipinski definition) is 5. The molecule has 1 heterocycles. The molecule has 2 amide bonds. The van der Waals surface area contributed by atoms with Gasteiger partial charge in [-0.2, -0.15) is 0 Å². The van der Waals surface area contributed by atoms with Crippen molar-refractivity contribution in [3.63, 3.8) is 0 Å². The van der Waals surface area contributed by atoms with Crippen LogP contribution in [0.2, 0.25) is 0 Å². The van der Waals surface area contributed by atoms with Crippen LogP contribution in [0.1, 0.15) is 46.1 Å². The summed E-state index contributed by atoms with van der Waals surface area (Å²) in [6.45, 7) is 7.29. The summed E-state index contributed by atoms with van der Waals surface area (Å²) < 4.78 is 11.1. The van der Waals surface area contributed by atoms with Gasteiger partial charge in [0.2, 0.25) is 5.91 Å². The maximum absolute atomic E-state index is 12.4. The Kier molecular flexibility index (Phi) is 5.95. The minimum Gasteiger partial charge on any atom is -0.443 e. The number of likely N-dealkylation sites (tertiary alicyclic amines) is 1. The van der Waals surface area contributed by atoms with Crippen molar-refractivity contribution in [1.29, 1.82) is 0 Å². The Hall–Kier alpha value is -2.21. The molecule has 0 aromatic heterocycles. The number of hydrogen-bond donors (Lipinski definition) is 0. The second-order valence-corrected chi connectivity index (χ2v) is 7.23. The first kappa shape index (κ1) is 19.1. The Bertz CT molecular complexity index is 635. The molecule has 1 aromatic rings. The molecular formula is C19H25NO5. The van der Waals surface area contributed by atoms with Gasteiger partial charge < -0.3 is 9.47 Å². The van der Waals surface area contributed by atoms with Crippen molar-refractivity contribution >= 4 is 17.8 Å². The lowest BCUT2D eigenvalue weighted by atomic mass is 9.96. The smallest absolute Gasteiger partial charge is 0.417 e. The van der Waals surface area contributed by atoms with Crippen molar-refractivity contribution in [2.45, 2.75) is 64.9 Å². The number of imide groups is 1. The van der Waals surface area contributed by atoms with Gasteiger partial charge in [-0.15, -0.1) is 0 Å². The Balaban J connectivity index is 2.10. The first-order valence-electron chi connectivity index (χ1n) is 8.39. The molecule has 2 rings (SSSR count). The highest BCUT2D eigenvalue weighted by Gasteiger charge is 2.42. The van der Waals surface area contributed by atoms with E-state index in [1.807, 2.05) is 30.3 Å². The maximum Gasteiger partial charge on any atom is 0.417 e. The third kappa shape index (κ3) is 5.39. The average Bonchev–Trinajstić information content (AvgIpc) is 2.51. The van der Waals surface area contributed by atoms with E-state index >= 15 is 0 Å². The highest BCUT2D eigenvalue weighted by atomic mass is 16.6. The van der Waals surface area contributed by atoms with E-state index in [0.717, 1.165) is 10.5 Å². The summed E-state index contributed by atoms with van der Waals surface area (Å²) in [5.74, 6) is -0.726. The van der Waals surface area contributed by atoms with Crippen LogP contribution >= 0.6 is 0 Å². The molecule has 0 N–H and O–H groups in total. The predicted octanol–water partition coefficient (Wildman–Crippen LogP) is 3.09. The van der Waals surface area contributed by atoms with E-state index in [2.05, 4.69) is 0 Å². The molecule has 1 aliphatic rings.